The van der Waals surface area contributed by atoms with Crippen LogP contribution in [0.5, 0.6) is 5.75 Å². The molecule has 3 rings (SSSR count). The number of ether oxygens (including phenoxy) is 1. The van der Waals surface area contributed by atoms with Crippen LogP contribution in [0.3, 0.4) is 0 Å². The van der Waals surface area contributed by atoms with Gasteiger partial charge >= 0.3 is 0 Å². The van der Waals surface area contributed by atoms with E-state index in [1.165, 1.54) is 22.5 Å². The van der Waals surface area contributed by atoms with Crippen molar-refractivity contribution < 1.29 is 4.74 Å². The largest absolute Gasteiger partial charge is 0.497 e. The molecule has 0 amide bonds. The van der Waals surface area contributed by atoms with Gasteiger partial charge in [-0.25, -0.2) is 4.98 Å². The smallest absolute Gasteiger partial charge is 0.120 e. The SMILES string of the molecule is COc1ccc2nc(CN3CCCC(CN)C3)sc2c1. The van der Waals surface area contributed by atoms with Crippen LogP contribution in [0, 0.1) is 5.92 Å². The summed E-state index contributed by atoms with van der Waals surface area (Å²) >= 11 is 1.77. The lowest BCUT2D eigenvalue weighted by molar-refractivity contribution is 0.171. The van der Waals surface area contributed by atoms with E-state index in [4.69, 9.17) is 15.5 Å². The Morgan fingerprint density at radius 1 is 1.50 bits per heavy atom. The number of fused-ring (bicyclic) bond motifs is 1. The zero-order chi connectivity index (χ0) is 13.9. The molecule has 2 N–H and O–H groups in total. The van der Waals surface area contributed by atoms with Crippen LogP contribution in [0.2, 0.25) is 0 Å². The molecule has 1 unspecified atom stereocenters. The fourth-order valence-electron chi connectivity index (χ4n) is 2.83. The van der Waals surface area contributed by atoms with Gasteiger partial charge in [0, 0.05) is 6.54 Å². The molecule has 0 radical (unpaired) electrons. The summed E-state index contributed by atoms with van der Waals surface area (Å²) in [5, 5.41) is 1.19. The normalized spacial score (nSPS) is 20.4. The van der Waals surface area contributed by atoms with Crippen molar-refractivity contribution in [3.05, 3.63) is 23.2 Å². The van der Waals surface area contributed by atoms with E-state index in [1.807, 2.05) is 12.1 Å². The van der Waals surface area contributed by atoms with Crippen molar-refractivity contribution in [2.75, 3.05) is 26.7 Å². The van der Waals surface area contributed by atoms with Crippen molar-refractivity contribution >= 4 is 21.6 Å². The molecule has 1 saturated heterocycles. The second-order valence-corrected chi connectivity index (χ2v) is 6.54. The number of methoxy groups -OCH3 is 1. The Bertz CT molecular complexity index is 584. The molecule has 4 nitrogen and oxygen atoms in total. The fraction of sp³-hybridized carbons (Fsp3) is 0.533. The highest BCUT2D eigenvalue weighted by molar-refractivity contribution is 7.18. The molecule has 2 aromatic rings. The zero-order valence-electron chi connectivity index (χ0n) is 11.8. The molecule has 1 fully saturated rings. The summed E-state index contributed by atoms with van der Waals surface area (Å²) in [7, 11) is 1.70. The van der Waals surface area contributed by atoms with Gasteiger partial charge < -0.3 is 10.5 Å². The number of nitrogens with two attached hydrogens (primary N) is 1. The number of piperidine rings is 1. The van der Waals surface area contributed by atoms with Crippen LogP contribution in [0.4, 0.5) is 0 Å². The molecule has 108 valence electrons. The van der Waals surface area contributed by atoms with Gasteiger partial charge in [0.05, 0.1) is 23.9 Å². The van der Waals surface area contributed by atoms with Crippen molar-refractivity contribution in [2.45, 2.75) is 19.4 Å². The average molecular weight is 291 g/mol. The van der Waals surface area contributed by atoms with E-state index in [2.05, 4.69) is 11.0 Å². The Morgan fingerprint density at radius 2 is 2.40 bits per heavy atom. The van der Waals surface area contributed by atoms with E-state index < -0.39 is 0 Å². The van der Waals surface area contributed by atoms with Crippen LogP contribution in [-0.2, 0) is 6.54 Å². The summed E-state index contributed by atoms with van der Waals surface area (Å²) in [6.07, 6.45) is 2.52. The zero-order valence-corrected chi connectivity index (χ0v) is 12.7. The molecule has 2 heterocycles. The summed E-state index contributed by atoms with van der Waals surface area (Å²) in [5.41, 5.74) is 6.87. The second kappa shape index (κ2) is 6.08. The minimum atomic E-state index is 0.651. The highest BCUT2D eigenvalue weighted by atomic mass is 32.1. The van der Waals surface area contributed by atoms with Crippen molar-refractivity contribution in [2.24, 2.45) is 11.7 Å². The summed E-state index contributed by atoms with van der Waals surface area (Å²) < 4.78 is 6.47. The Balaban J connectivity index is 1.74. The molecule has 1 aromatic heterocycles. The number of thiazole rings is 1. The Kier molecular flexibility index (Phi) is 4.19. The van der Waals surface area contributed by atoms with Crippen LogP contribution in [-0.4, -0.2) is 36.6 Å². The first-order valence-electron chi connectivity index (χ1n) is 7.14. The lowest BCUT2D eigenvalue weighted by Crippen LogP contribution is -2.37. The third-order valence-electron chi connectivity index (χ3n) is 3.94. The van der Waals surface area contributed by atoms with E-state index in [1.54, 1.807) is 18.4 Å². The topological polar surface area (TPSA) is 51.4 Å². The minimum Gasteiger partial charge on any atom is -0.497 e. The standard InChI is InChI=1S/C15H21N3OS/c1-19-12-4-5-13-14(7-12)20-15(17-13)10-18-6-2-3-11(8-16)9-18/h4-5,7,11H,2-3,6,8-10,16H2,1H3. The number of hydrogen-bond donors (Lipinski definition) is 1. The van der Waals surface area contributed by atoms with Crippen molar-refractivity contribution in [3.8, 4) is 5.75 Å². The highest BCUT2D eigenvalue weighted by Gasteiger charge is 2.19. The van der Waals surface area contributed by atoms with Crippen LogP contribution in [0.25, 0.3) is 10.2 Å². The van der Waals surface area contributed by atoms with Gasteiger partial charge in [0.15, 0.2) is 0 Å². The van der Waals surface area contributed by atoms with Crippen molar-refractivity contribution in [1.82, 2.24) is 9.88 Å². The van der Waals surface area contributed by atoms with Crippen LogP contribution in [0.1, 0.15) is 17.8 Å². The van der Waals surface area contributed by atoms with Crippen LogP contribution in [0.15, 0.2) is 18.2 Å². The number of benzene rings is 1. The molecule has 20 heavy (non-hydrogen) atoms. The number of hydrogen-bond acceptors (Lipinski definition) is 5. The molecule has 1 aromatic carbocycles. The third-order valence-corrected chi connectivity index (χ3v) is 4.94. The Morgan fingerprint density at radius 3 is 3.20 bits per heavy atom. The van der Waals surface area contributed by atoms with Crippen molar-refractivity contribution in [3.63, 3.8) is 0 Å². The van der Waals surface area contributed by atoms with Gasteiger partial charge in [-0.05, 0) is 50.0 Å². The first-order chi connectivity index (χ1) is 9.78. The van der Waals surface area contributed by atoms with E-state index in [-0.39, 0.29) is 0 Å². The maximum absolute atomic E-state index is 5.80. The number of likely N-dealkylation sites (tertiary alicyclic amines) is 1. The Labute approximate surface area is 123 Å². The quantitative estimate of drug-likeness (QED) is 0.940. The summed E-state index contributed by atoms with van der Waals surface area (Å²) in [6.45, 7) is 4.01. The van der Waals surface area contributed by atoms with Crippen molar-refractivity contribution in [1.29, 1.82) is 0 Å². The third kappa shape index (κ3) is 2.95. The van der Waals surface area contributed by atoms with E-state index in [9.17, 15) is 0 Å². The number of nitrogens with zero attached hydrogens (tertiary/aromatic N) is 2. The predicted molar refractivity (Wildman–Crippen MR) is 83.2 cm³/mol. The first kappa shape index (κ1) is 13.8. The van der Waals surface area contributed by atoms with Crippen LogP contribution < -0.4 is 10.5 Å². The molecule has 0 spiro atoms. The maximum Gasteiger partial charge on any atom is 0.120 e. The van der Waals surface area contributed by atoms with E-state index in [0.717, 1.165) is 37.4 Å². The monoisotopic (exact) mass is 291 g/mol. The maximum atomic E-state index is 5.80. The van der Waals surface area contributed by atoms with Gasteiger partial charge in [0.1, 0.15) is 10.8 Å². The van der Waals surface area contributed by atoms with Gasteiger partial charge in [-0.1, -0.05) is 0 Å². The molecular formula is C15H21N3OS. The molecule has 0 saturated carbocycles. The van der Waals surface area contributed by atoms with Gasteiger partial charge in [-0.2, -0.15) is 0 Å². The average Bonchev–Trinajstić information content (AvgIpc) is 2.88. The van der Waals surface area contributed by atoms with Gasteiger partial charge in [-0.3, -0.25) is 4.90 Å². The Hall–Kier alpha value is -1.17. The second-order valence-electron chi connectivity index (χ2n) is 5.42. The fourth-order valence-corrected chi connectivity index (χ4v) is 3.86. The summed E-state index contributed by atoms with van der Waals surface area (Å²) in [6, 6.07) is 6.07. The summed E-state index contributed by atoms with van der Waals surface area (Å²) in [5.74, 6) is 1.55. The van der Waals surface area contributed by atoms with E-state index >= 15 is 0 Å². The predicted octanol–water partition coefficient (Wildman–Crippen LogP) is 2.48. The molecule has 5 heteroatoms. The summed E-state index contributed by atoms with van der Waals surface area (Å²) in [4.78, 5) is 7.21. The molecule has 1 aliphatic heterocycles. The minimum absolute atomic E-state index is 0.651. The molecule has 1 aliphatic rings. The van der Waals surface area contributed by atoms with E-state index in [0.29, 0.717) is 5.92 Å². The lowest BCUT2D eigenvalue weighted by atomic mass is 9.98. The molecular weight excluding hydrogens is 270 g/mol. The number of aromatic nitrogens is 1. The highest BCUT2D eigenvalue weighted by Crippen LogP contribution is 2.28. The first-order valence-corrected chi connectivity index (χ1v) is 7.96. The van der Waals surface area contributed by atoms with Gasteiger partial charge in [0.25, 0.3) is 0 Å². The lowest BCUT2D eigenvalue weighted by Gasteiger charge is -2.31. The number of rotatable bonds is 4. The van der Waals surface area contributed by atoms with Crippen LogP contribution >= 0.6 is 11.3 Å². The molecule has 1 atom stereocenters. The van der Waals surface area contributed by atoms with Gasteiger partial charge in [-0.15, -0.1) is 11.3 Å². The van der Waals surface area contributed by atoms with Gasteiger partial charge in [0.2, 0.25) is 0 Å². The molecule has 0 bridgehead atoms. The molecule has 0 aliphatic carbocycles.